The molecule has 1 saturated heterocycles. The van der Waals surface area contributed by atoms with Crippen LogP contribution in [0.3, 0.4) is 0 Å². The Hall–Kier alpha value is -0.940. The minimum atomic E-state index is 0.152. The Morgan fingerprint density at radius 2 is 2.21 bits per heavy atom. The second-order valence-electron chi connectivity index (χ2n) is 6.09. The molecule has 2 aliphatic rings. The van der Waals surface area contributed by atoms with Gasteiger partial charge in [0.25, 0.3) is 0 Å². The van der Waals surface area contributed by atoms with Gasteiger partial charge in [0.2, 0.25) is 0 Å². The molecule has 5 heteroatoms. The van der Waals surface area contributed by atoms with Crippen molar-refractivity contribution in [3.05, 3.63) is 11.6 Å². The molecule has 0 bridgehead atoms. The molecule has 2 aliphatic heterocycles. The van der Waals surface area contributed by atoms with Gasteiger partial charge in [-0.05, 0) is 45.2 Å². The monoisotopic (exact) mass is 264 g/mol. The average Bonchev–Trinajstić information content (AvgIpc) is 2.80. The maximum absolute atomic E-state index is 9.41. The van der Waals surface area contributed by atoms with E-state index >= 15 is 0 Å². The molecule has 1 fully saturated rings. The number of rotatable bonds is 3. The molecule has 0 amide bonds. The molecule has 106 valence electrons. The van der Waals surface area contributed by atoms with Crippen molar-refractivity contribution < 1.29 is 5.11 Å². The van der Waals surface area contributed by atoms with Gasteiger partial charge in [-0.1, -0.05) is 0 Å². The molecule has 2 atom stereocenters. The van der Waals surface area contributed by atoms with Crippen molar-refractivity contribution in [2.24, 2.45) is 5.92 Å². The summed E-state index contributed by atoms with van der Waals surface area (Å²) in [6, 6.07) is 0.152. The fraction of sp³-hybridized carbons (Fsp3) is 0.857. The summed E-state index contributed by atoms with van der Waals surface area (Å²) >= 11 is 0. The lowest BCUT2D eigenvalue weighted by atomic mass is 9.95. The van der Waals surface area contributed by atoms with Crippen LogP contribution in [0.4, 0.5) is 0 Å². The smallest absolute Gasteiger partial charge is 0.151 e. The highest BCUT2D eigenvalue weighted by atomic mass is 16.3. The first-order chi connectivity index (χ1) is 9.26. The molecule has 3 heterocycles. The molecular weight excluding hydrogens is 240 g/mol. The summed E-state index contributed by atoms with van der Waals surface area (Å²) in [5, 5.41) is 14.1. The Bertz CT molecular complexity index is 431. The van der Waals surface area contributed by atoms with Crippen LogP contribution in [0.1, 0.15) is 43.4 Å². The Balaban J connectivity index is 1.70. The van der Waals surface area contributed by atoms with E-state index in [0.29, 0.717) is 5.92 Å². The molecule has 0 aliphatic carbocycles. The molecular formula is C14H24N4O. The molecule has 1 N–H and O–H groups in total. The van der Waals surface area contributed by atoms with Crippen molar-refractivity contribution in [1.82, 2.24) is 19.7 Å². The third kappa shape index (κ3) is 2.82. The number of aliphatic hydroxyl groups excluding tert-OH is 1. The average molecular weight is 264 g/mol. The van der Waals surface area contributed by atoms with Gasteiger partial charge in [0.15, 0.2) is 5.82 Å². The summed E-state index contributed by atoms with van der Waals surface area (Å²) in [6.07, 6.45) is 6.72. The van der Waals surface area contributed by atoms with E-state index in [2.05, 4.69) is 17.0 Å². The van der Waals surface area contributed by atoms with Crippen LogP contribution >= 0.6 is 0 Å². The van der Waals surface area contributed by atoms with Crippen molar-refractivity contribution in [3.8, 4) is 0 Å². The second-order valence-corrected chi connectivity index (χ2v) is 6.09. The molecule has 0 aromatic carbocycles. The number of aryl methyl sites for hydroxylation is 1. The van der Waals surface area contributed by atoms with Crippen molar-refractivity contribution in [2.45, 2.75) is 44.6 Å². The Kier molecular flexibility index (Phi) is 3.84. The molecule has 1 aromatic heterocycles. The summed E-state index contributed by atoms with van der Waals surface area (Å²) in [5.41, 5.74) is 0. The first kappa shape index (κ1) is 13.1. The zero-order valence-corrected chi connectivity index (χ0v) is 11.8. The Morgan fingerprint density at radius 1 is 1.32 bits per heavy atom. The van der Waals surface area contributed by atoms with E-state index in [1.165, 1.54) is 19.4 Å². The van der Waals surface area contributed by atoms with Crippen molar-refractivity contribution >= 4 is 0 Å². The van der Waals surface area contributed by atoms with E-state index < -0.39 is 0 Å². The van der Waals surface area contributed by atoms with Crippen LogP contribution in [0.2, 0.25) is 0 Å². The fourth-order valence-electron chi connectivity index (χ4n) is 3.44. The minimum absolute atomic E-state index is 0.152. The largest absolute Gasteiger partial charge is 0.394 e. The van der Waals surface area contributed by atoms with E-state index in [1.54, 1.807) is 0 Å². The van der Waals surface area contributed by atoms with Gasteiger partial charge in [0, 0.05) is 19.4 Å². The second kappa shape index (κ2) is 5.59. The highest BCUT2D eigenvalue weighted by molar-refractivity contribution is 5.00. The van der Waals surface area contributed by atoms with E-state index in [0.717, 1.165) is 43.9 Å². The molecule has 0 radical (unpaired) electrons. The van der Waals surface area contributed by atoms with Gasteiger partial charge in [0.05, 0.1) is 12.6 Å². The number of hydrogen-bond donors (Lipinski definition) is 1. The van der Waals surface area contributed by atoms with Crippen molar-refractivity contribution in [1.29, 1.82) is 0 Å². The van der Waals surface area contributed by atoms with Crippen LogP contribution in [0.5, 0.6) is 0 Å². The van der Waals surface area contributed by atoms with Crippen LogP contribution in [-0.2, 0) is 12.8 Å². The molecule has 5 nitrogen and oxygen atoms in total. The number of hydrogen-bond acceptors (Lipinski definition) is 4. The predicted octanol–water partition coefficient (Wildman–Crippen LogP) is 1.03. The normalized spacial score (nSPS) is 28.3. The number of aromatic nitrogens is 3. The van der Waals surface area contributed by atoms with Gasteiger partial charge in [-0.3, -0.25) is 0 Å². The van der Waals surface area contributed by atoms with Gasteiger partial charge < -0.3 is 10.0 Å². The van der Waals surface area contributed by atoms with Gasteiger partial charge in [0.1, 0.15) is 5.82 Å². The lowest BCUT2D eigenvalue weighted by Gasteiger charge is -2.28. The number of piperidine rings is 1. The third-order valence-corrected chi connectivity index (χ3v) is 4.43. The number of likely N-dealkylation sites (tertiary alicyclic amines) is 1. The van der Waals surface area contributed by atoms with Crippen LogP contribution in [0, 0.1) is 5.92 Å². The topological polar surface area (TPSA) is 54.2 Å². The number of aliphatic hydroxyl groups is 1. The fourth-order valence-corrected chi connectivity index (χ4v) is 3.44. The molecule has 1 aromatic rings. The minimum Gasteiger partial charge on any atom is -0.394 e. The standard InChI is InChI=1S/C14H24N4O/c1-17-7-3-4-11(9-17)8-13-15-14-6-2-5-12(10-19)18(14)16-13/h11-12,19H,2-10H2,1H3. The van der Waals surface area contributed by atoms with Crippen molar-refractivity contribution in [2.75, 3.05) is 26.7 Å². The van der Waals surface area contributed by atoms with E-state index in [1.807, 2.05) is 4.68 Å². The van der Waals surface area contributed by atoms with Gasteiger partial charge in [-0.2, -0.15) is 5.10 Å². The van der Waals surface area contributed by atoms with Crippen LogP contribution in [0.25, 0.3) is 0 Å². The van der Waals surface area contributed by atoms with Gasteiger partial charge in [-0.15, -0.1) is 0 Å². The number of fused-ring (bicyclic) bond motifs is 1. The Morgan fingerprint density at radius 3 is 3.00 bits per heavy atom. The SMILES string of the molecule is CN1CCCC(Cc2nc3n(n2)C(CO)CCC3)C1. The van der Waals surface area contributed by atoms with Crippen LogP contribution in [0.15, 0.2) is 0 Å². The van der Waals surface area contributed by atoms with Crippen molar-refractivity contribution in [3.63, 3.8) is 0 Å². The Labute approximate surface area is 114 Å². The highest BCUT2D eigenvalue weighted by Gasteiger charge is 2.24. The summed E-state index contributed by atoms with van der Waals surface area (Å²) in [6.45, 7) is 2.56. The lowest BCUT2D eigenvalue weighted by molar-refractivity contribution is 0.193. The first-order valence-corrected chi connectivity index (χ1v) is 7.50. The summed E-state index contributed by atoms with van der Waals surface area (Å²) in [7, 11) is 2.19. The molecule has 0 saturated carbocycles. The zero-order valence-electron chi connectivity index (χ0n) is 11.8. The summed E-state index contributed by atoms with van der Waals surface area (Å²) in [5.74, 6) is 2.75. The summed E-state index contributed by atoms with van der Waals surface area (Å²) in [4.78, 5) is 7.09. The van der Waals surface area contributed by atoms with E-state index in [4.69, 9.17) is 4.98 Å². The first-order valence-electron chi connectivity index (χ1n) is 7.50. The van der Waals surface area contributed by atoms with Crippen LogP contribution < -0.4 is 0 Å². The third-order valence-electron chi connectivity index (χ3n) is 4.43. The van der Waals surface area contributed by atoms with E-state index in [-0.39, 0.29) is 12.6 Å². The molecule has 3 rings (SSSR count). The van der Waals surface area contributed by atoms with Crippen LogP contribution in [-0.4, -0.2) is 51.5 Å². The summed E-state index contributed by atoms with van der Waals surface area (Å²) < 4.78 is 1.98. The maximum Gasteiger partial charge on any atom is 0.151 e. The highest BCUT2D eigenvalue weighted by Crippen LogP contribution is 2.24. The maximum atomic E-state index is 9.41. The molecule has 2 unspecified atom stereocenters. The lowest BCUT2D eigenvalue weighted by Crippen LogP contribution is -2.33. The zero-order chi connectivity index (χ0) is 13.2. The number of nitrogens with zero attached hydrogens (tertiary/aromatic N) is 4. The molecule has 19 heavy (non-hydrogen) atoms. The quantitative estimate of drug-likeness (QED) is 0.886. The van der Waals surface area contributed by atoms with Gasteiger partial charge >= 0.3 is 0 Å². The van der Waals surface area contributed by atoms with Gasteiger partial charge in [-0.25, -0.2) is 9.67 Å². The van der Waals surface area contributed by atoms with E-state index in [9.17, 15) is 5.11 Å². The predicted molar refractivity (Wildman–Crippen MR) is 73.0 cm³/mol. The molecule has 0 spiro atoms.